The zero-order chi connectivity index (χ0) is 19.2. The highest BCUT2D eigenvalue weighted by molar-refractivity contribution is 7.93. The van der Waals surface area contributed by atoms with Gasteiger partial charge in [-0.3, -0.25) is 9.10 Å². The van der Waals surface area contributed by atoms with E-state index in [1.807, 2.05) is 38.1 Å². The van der Waals surface area contributed by atoms with Crippen molar-refractivity contribution in [2.24, 2.45) is 0 Å². The van der Waals surface area contributed by atoms with Gasteiger partial charge in [0.25, 0.3) is 10.0 Å². The van der Waals surface area contributed by atoms with Crippen LogP contribution in [-0.2, 0) is 10.0 Å². The lowest BCUT2D eigenvalue weighted by atomic mass is 10.0. The van der Waals surface area contributed by atoms with Gasteiger partial charge in [0.2, 0.25) is 0 Å². The van der Waals surface area contributed by atoms with E-state index < -0.39 is 16.1 Å². The number of aryl methyl sites for hydroxylation is 2. The van der Waals surface area contributed by atoms with Crippen molar-refractivity contribution in [1.29, 1.82) is 0 Å². The summed E-state index contributed by atoms with van der Waals surface area (Å²) in [6.45, 7) is 3.86. The van der Waals surface area contributed by atoms with Crippen molar-refractivity contribution in [3.05, 3.63) is 95.1 Å². The van der Waals surface area contributed by atoms with Crippen LogP contribution in [0.2, 0.25) is 0 Å². The molecule has 0 radical (unpaired) electrons. The van der Waals surface area contributed by atoms with Crippen LogP contribution in [0, 0.1) is 13.8 Å². The molecule has 136 valence electrons. The Morgan fingerprint density at radius 3 is 1.96 bits per heavy atom. The van der Waals surface area contributed by atoms with E-state index in [-0.39, 0.29) is 10.7 Å². The Morgan fingerprint density at radius 1 is 0.778 bits per heavy atom. The Balaban J connectivity index is 1.92. The van der Waals surface area contributed by atoms with Crippen LogP contribution in [0.15, 0.2) is 77.7 Å². The summed E-state index contributed by atoms with van der Waals surface area (Å²) in [6.07, 6.45) is 0. The van der Waals surface area contributed by atoms with Crippen LogP contribution in [0.3, 0.4) is 0 Å². The van der Waals surface area contributed by atoms with Crippen LogP contribution in [0.4, 0.5) is 5.69 Å². The van der Waals surface area contributed by atoms with Crippen molar-refractivity contribution in [2.45, 2.75) is 24.8 Å². The SMILES string of the molecule is Cc1ccc(C2C(=O)c3ccccc3N2S(=O)(=O)c2ccc(C)cc2)cc1. The van der Waals surface area contributed by atoms with Gasteiger partial charge < -0.3 is 0 Å². The van der Waals surface area contributed by atoms with Crippen LogP contribution in [0.5, 0.6) is 0 Å². The fraction of sp³-hybridized carbons (Fsp3) is 0.136. The molecule has 3 aromatic carbocycles. The Bertz CT molecular complexity index is 1120. The fourth-order valence-corrected chi connectivity index (χ4v) is 5.01. The Morgan fingerprint density at radius 2 is 1.33 bits per heavy atom. The molecule has 0 saturated carbocycles. The highest BCUT2D eigenvalue weighted by Crippen LogP contribution is 2.43. The van der Waals surface area contributed by atoms with E-state index in [9.17, 15) is 13.2 Å². The van der Waals surface area contributed by atoms with E-state index in [0.717, 1.165) is 11.1 Å². The Kier molecular flexibility index (Phi) is 4.12. The van der Waals surface area contributed by atoms with Crippen molar-refractivity contribution in [3.8, 4) is 0 Å². The van der Waals surface area contributed by atoms with Gasteiger partial charge in [0.15, 0.2) is 5.78 Å². The normalized spacial score (nSPS) is 16.4. The molecule has 0 bridgehead atoms. The largest absolute Gasteiger partial charge is 0.291 e. The van der Waals surface area contributed by atoms with Crippen molar-refractivity contribution in [3.63, 3.8) is 0 Å². The first-order chi connectivity index (χ1) is 12.9. The monoisotopic (exact) mass is 377 g/mol. The Hall–Kier alpha value is -2.92. The molecule has 0 amide bonds. The van der Waals surface area contributed by atoms with E-state index in [2.05, 4.69) is 0 Å². The fourth-order valence-electron chi connectivity index (χ4n) is 3.39. The lowest BCUT2D eigenvalue weighted by Crippen LogP contribution is -2.34. The minimum absolute atomic E-state index is 0.176. The summed E-state index contributed by atoms with van der Waals surface area (Å²) >= 11 is 0. The number of nitrogens with zero attached hydrogens (tertiary/aromatic N) is 1. The summed E-state index contributed by atoms with van der Waals surface area (Å²) in [6, 6.07) is 20.1. The van der Waals surface area contributed by atoms with Gasteiger partial charge in [-0.25, -0.2) is 8.42 Å². The van der Waals surface area contributed by atoms with E-state index in [1.165, 1.54) is 4.31 Å². The van der Waals surface area contributed by atoms with Crippen LogP contribution in [0.1, 0.15) is 33.1 Å². The smallest absolute Gasteiger partial charge is 0.265 e. The third kappa shape index (κ3) is 2.84. The van der Waals surface area contributed by atoms with Crippen molar-refractivity contribution < 1.29 is 13.2 Å². The molecule has 5 heteroatoms. The number of hydrogen-bond acceptors (Lipinski definition) is 3. The third-order valence-electron chi connectivity index (χ3n) is 4.86. The van der Waals surface area contributed by atoms with E-state index in [4.69, 9.17) is 0 Å². The molecule has 0 aliphatic carbocycles. The average Bonchev–Trinajstić information content (AvgIpc) is 2.96. The molecule has 27 heavy (non-hydrogen) atoms. The number of sulfonamides is 1. The van der Waals surface area contributed by atoms with Gasteiger partial charge in [0.1, 0.15) is 6.04 Å². The maximum atomic E-state index is 13.5. The van der Waals surface area contributed by atoms with E-state index >= 15 is 0 Å². The number of para-hydroxylation sites is 1. The lowest BCUT2D eigenvalue weighted by Gasteiger charge is -2.26. The second-order valence-corrected chi connectivity index (χ2v) is 8.62. The molecule has 0 saturated heterocycles. The molecule has 1 aliphatic heterocycles. The summed E-state index contributed by atoms with van der Waals surface area (Å²) in [7, 11) is -3.90. The van der Waals surface area contributed by atoms with Gasteiger partial charge in [-0.2, -0.15) is 0 Å². The van der Waals surface area contributed by atoms with Gasteiger partial charge in [-0.15, -0.1) is 0 Å². The molecule has 1 aliphatic rings. The van der Waals surface area contributed by atoms with Crippen molar-refractivity contribution >= 4 is 21.5 Å². The lowest BCUT2D eigenvalue weighted by molar-refractivity contribution is 0.0975. The topological polar surface area (TPSA) is 54.5 Å². The minimum atomic E-state index is -3.90. The highest BCUT2D eigenvalue weighted by Gasteiger charge is 2.44. The number of carbonyl (C=O) groups excluding carboxylic acids is 1. The molecule has 0 aromatic heterocycles. The third-order valence-corrected chi connectivity index (χ3v) is 6.65. The molecule has 3 aromatic rings. The molecule has 0 fully saturated rings. The van der Waals surface area contributed by atoms with Crippen molar-refractivity contribution in [2.75, 3.05) is 4.31 Å². The second kappa shape index (κ2) is 6.35. The summed E-state index contributed by atoms with van der Waals surface area (Å²) in [4.78, 5) is 13.3. The molecular formula is C22H19NO3S. The van der Waals surface area contributed by atoms with Crippen LogP contribution >= 0.6 is 0 Å². The predicted octanol–water partition coefficient (Wildman–Crippen LogP) is 4.44. The van der Waals surface area contributed by atoms with Gasteiger partial charge in [-0.05, 0) is 43.7 Å². The van der Waals surface area contributed by atoms with Gasteiger partial charge in [-0.1, -0.05) is 59.7 Å². The molecule has 1 atom stereocenters. The van der Waals surface area contributed by atoms with E-state index in [1.54, 1.807) is 48.5 Å². The number of hydrogen-bond donors (Lipinski definition) is 0. The van der Waals surface area contributed by atoms with Crippen LogP contribution in [0.25, 0.3) is 0 Å². The number of rotatable bonds is 3. The number of Topliss-reactive ketones (excluding diaryl/α,β-unsaturated/α-hetero) is 1. The molecule has 1 heterocycles. The molecule has 1 unspecified atom stereocenters. The number of carbonyl (C=O) groups is 1. The maximum Gasteiger partial charge on any atom is 0.265 e. The number of benzene rings is 3. The van der Waals surface area contributed by atoms with Crippen molar-refractivity contribution in [1.82, 2.24) is 0 Å². The standard InChI is InChI=1S/C22H19NO3S/c1-15-7-11-17(12-8-15)21-22(24)19-5-3-4-6-20(19)23(21)27(25,26)18-13-9-16(2)10-14-18/h3-14,21H,1-2H3. The predicted molar refractivity (Wildman–Crippen MR) is 106 cm³/mol. The molecule has 0 N–H and O–H groups in total. The first-order valence-electron chi connectivity index (χ1n) is 8.70. The summed E-state index contributed by atoms with van der Waals surface area (Å²) in [5.41, 5.74) is 3.54. The first kappa shape index (κ1) is 17.5. The number of fused-ring (bicyclic) bond motifs is 1. The summed E-state index contributed by atoms with van der Waals surface area (Å²) in [5, 5.41) is 0. The zero-order valence-corrected chi connectivity index (χ0v) is 15.9. The molecule has 4 rings (SSSR count). The molecule has 0 spiro atoms. The zero-order valence-electron chi connectivity index (χ0n) is 15.1. The second-order valence-electron chi connectivity index (χ2n) is 6.81. The number of anilines is 1. The molecular weight excluding hydrogens is 358 g/mol. The summed E-state index contributed by atoms with van der Waals surface area (Å²) in [5.74, 6) is -0.204. The molecule has 4 nitrogen and oxygen atoms in total. The minimum Gasteiger partial charge on any atom is -0.291 e. The summed E-state index contributed by atoms with van der Waals surface area (Å²) < 4.78 is 28.2. The number of ketones is 1. The Labute approximate surface area is 159 Å². The quantitative estimate of drug-likeness (QED) is 0.678. The van der Waals surface area contributed by atoms with Gasteiger partial charge >= 0.3 is 0 Å². The highest BCUT2D eigenvalue weighted by atomic mass is 32.2. The van der Waals surface area contributed by atoms with Crippen LogP contribution < -0.4 is 4.31 Å². The first-order valence-corrected chi connectivity index (χ1v) is 10.1. The average molecular weight is 377 g/mol. The maximum absolute atomic E-state index is 13.5. The van der Waals surface area contributed by atoms with Gasteiger partial charge in [0.05, 0.1) is 10.6 Å². The van der Waals surface area contributed by atoms with Gasteiger partial charge in [0, 0.05) is 5.56 Å². The van der Waals surface area contributed by atoms with Crippen LogP contribution in [-0.4, -0.2) is 14.2 Å². The van der Waals surface area contributed by atoms with E-state index in [0.29, 0.717) is 16.8 Å².